The van der Waals surface area contributed by atoms with E-state index in [2.05, 4.69) is 18.8 Å². The van der Waals surface area contributed by atoms with Crippen molar-refractivity contribution in [2.45, 2.75) is 26.7 Å². The summed E-state index contributed by atoms with van der Waals surface area (Å²) in [5.41, 5.74) is 0. The molecule has 0 aromatic carbocycles. The van der Waals surface area contributed by atoms with Crippen LogP contribution in [-0.2, 0) is 6.42 Å². The van der Waals surface area contributed by atoms with Gasteiger partial charge in [0.25, 0.3) is 0 Å². The molecule has 1 aromatic rings. The second kappa shape index (κ2) is 5.86. The van der Waals surface area contributed by atoms with Crippen molar-refractivity contribution in [2.24, 2.45) is 0 Å². The van der Waals surface area contributed by atoms with E-state index < -0.39 is 0 Å². The van der Waals surface area contributed by atoms with Crippen LogP contribution in [0.3, 0.4) is 0 Å². The Kier molecular flexibility index (Phi) is 4.68. The summed E-state index contributed by atoms with van der Waals surface area (Å²) >= 11 is 1.78. The normalized spacial score (nSPS) is 11.2. The van der Waals surface area contributed by atoms with Gasteiger partial charge >= 0.3 is 0 Å². The Morgan fingerprint density at radius 1 is 1.54 bits per heavy atom. The lowest BCUT2D eigenvalue weighted by Gasteiger charge is -1.87. The van der Waals surface area contributed by atoms with Crippen LogP contribution in [0.15, 0.2) is 16.0 Å². The number of nitrogens with zero attached hydrogens (tertiary/aromatic N) is 1. The second-order valence-corrected chi connectivity index (χ2v) is 3.71. The van der Waals surface area contributed by atoms with Crippen LogP contribution in [0.2, 0.25) is 0 Å². The fourth-order valence-electron chi connectivity index (χ4n) is 0.855. The Morgan fingerprint density at radius 2 is 2.38 bits per heavy atom. The molecule has 0 saturated carbocycles. The highest BCUT2D eigenvalue weighted by atomic mass is 32.2. The maximum atomic E-state index is 5.40. The van der Waals surface area contributed by atoms with Crippen molar-refractivity contribution in [3.05, 3.63) is 23.3 Å². The van der Waals surface area contributed by atoms with Crippen LogP contribution in [0.4, 0.5) is 0 Å². The standard InChI is InChI=1S/C10H15NOS/c1-3-6-13-7-5-10-11-8-9(4-2)12-10/h5,7-8H,3-4,6H2,1-2H3. The number of oxazole rings is 1. The highest BCUT2D eigenvalue weighted by Crippen LogP contribution is 2.10. The Hall–Kier alpha value is -0.700. The van der Waals surface area contributed by atoms with Crippen LogP contribution < -0.4 is 0 Å². The van der Waals surface area contributed by atoms with Gasteiger partial charge < -0.3 is 4.42 Å². The molecule has 13 heavy (non-hydrogen) atoms. The number of rotatable bonds is 5. The first-order chi connectivity index (χ1) is 6.36. The molecule has 0 radical (unpaired) electrons. The molecule has 1 aromatic heterocycles. The number of hydrogen-bond donors (Lipinski definition) is 0. The minimum Gasteiger partial charge on any atom is -0.442 e. The Balaban J connectivity index is 2.39. The van der Waals surface area contributed by atoms with Gasteiger partial charge in [-0.2, -0.15) is 0 Å². The van der Waals surface area contributed by atoms with Crippen LogP contribution in [0.1, 0.15) is 31.9 Å². The fourth-order valence-corrected chi connectivity index (χ4v) is 1.44. The molecule has 2 nitrogen and oxygen atoms in total. The fraction of sp³-hybridized carbons (Fsp3) is 0.500. The zero-order chi connectivity index (χ0) is 9.52. The minimum absolute atomic E-state index is 0.709. The van der Waals surface area contributed by atoms with E-state index in [0.29, 0.717) is 5.89 Å². The van der Waals surface area contributed by atoms with E-state index in [1.807, 2.05) is 11.5 Å². The van der Waals surface area contributed by atoms with Crippen LogP contribution in [0.5, 0.6) is 0 Å². The van der Waals surface area contributed by atoms with E-state index in [9.17, 15) is 0 Å². The molecular formula is C10H15NOS. The number of hydrogen-bond acceptors (Lipinski definition) is 3. The number of thioether (sulfide) groups is 1. The van der Waals surface area contributed by atoms with Gasteiger partial charge in [-0.1, -0.05) is 13.8 Å². The first-order valence-corrected chi connectivity index (χ1v) is 5.64. The Bertz CT molecular complexity index is 268. The van der Waals surface area contributed by atoms with Gasteiger partial charge in [-0.05, 0) is 17.6 Å². The third-order valence-corrected chi connectivity index (χ3v) is 2.52. The molecule has 0 aliphatic carbocycles. The van der Waals surface area contributed by atoms with Gasteiger partial charge in [-0.15, -0.1) is 11.8 Å². The van der Waals surface area contributed by atoms with Crippen LogP contribution >= 0.6 is 11.8 Å². The van der Waals surface area contributed by atoms with Crippen molar-refractivity contribution < 1.29 is 4.42 Å². The van der Waals surface area contributed by atoms with Crippen molar-refractivity contribution in [1.82, 2.24) is 4.98 Å². The van der Waals surface area contributed by atoms with Gasteiger partial charge in [0.05, 0.1) is 6.20 Å². The first-order valence-electron chi connectivity index (χ1n) is 4.59. The summed E-state index contributed by atoms with van der Waals surface area (Å²) in [6.45, 7) is 4.22. The molecule has 0 spiro atoms. The summed E-state index contributed by atoms with van der Waals surface area (Å²) in [5, 5.41) is 2.04. The highest BCUT2D eigenvalue weighted by Gasteiger charge is 1.96. The summed E-state index contributed by atoms with van der Waals surface area (Å²) in [5.74, 6) is 2.80. The molecule has 0 bridgehead atoms. The highest BCUT2D eigenvalue weighted by molar-refractivity contribution is 8.02. The predicted octanol–water partition coefficient (Wildman–Crippen LogP) is 3.35. The lowest BCUT2D eigenvalue weighted by Crippen LogP contribution is -1.69. The Labute approximate surface area is 83.4 Å². The van der Waals surface area contributed by atoms with Gasteiger partial charge in [0.1, 0.15) is 5.76 Å². The molecule has 0 saturated heterocycles. The maximum absolute atomic E-state index is 5.40. The summed E-state index contributed by atoms with van der Waals surface area (Å²) < 4.78 is 5.40. The van der Waals surface area contributed by atoms with Gasteiger partial charge in [-0.25, -0.2) is 4.98 Å². The van der Waals surface area contributed by atoms with E-state index in [1.165, 1.54) is 6.42 Å². The molecule has 3 heteroatoms. The van der Waals surface area contributed by atoms with Crippen LogP contribution in [0, 0.1) is 0 Å². The summed E-state index contributed by atoms with van der Waals surface area (Å²) in [7, 11) is 0. The topological polar surface area (TPSA) is 26.0 Å². The molecule has 1 heterocycles. The molecular weight excluding hydrogens is 182 g/mol. The molecule has 72 valence electrons. The molecule has 0 atom stereocenters. The zero-order valence-corrected chi connectivity index (χ0v) is 8.93. The van der Waals surface area contributed by atoms with E-state index in [-0.39, 0.29) is 0 Å². The molecule has 0 N–H and O–H groups in total. The van der Waals surface area contributed by atoms with Crippen molar-refractivity contribution in [3.8, 4) is 0 Å². The average molecular weight is 197 g/mol. The molecule has 0 unspecified atom stereocenters. The zero-order valence-electron chi connectivity index (χ0n) is 8.12. The maximum Gasteiger partial charge on any atom is 0.219 e. The molecule has 0 aliphatic heterocycles. The van der Waals surface area contributed by atoms with E-state index in [0.717, 1.165) is 17.9 Å². The molecule has 0 fully saturated rings. The minimum atomic E-state index is 0.709. The quantitative estimate of drug-likeness (QED) is 0.677. The third kappa shape index (κ3) is 3.68. The SMILES string of the molecule is CCCSC=Cc1ncc(CC)o1. The molecule has 0 amide bonds. The average Bonchev–Trinajstić information content (AvgIpc) is 2.60. The largest absolute Gasteiger partial charge is 0.442 e. The van der Waals surface area contributed by atoms with Gasteiger partial charge in [0, 0.05) is 12.5 Å². The lowest BCUT2D eigenvalue weighted by molar-refractivity contribution is 0.500. The number of aromatic nitrogens is 1. The smallest absolute Gasteiger partial charge is 0.219 e. The number of aryl methyl sites for hydroxylation is 1. The predicted molar refractivity (Wildman–Crippen MR) is 57.7 cm³/mol. The monoisotopic (exact) mass is 197 g/mol. The summed E-state index contributed by atoms with van der Waals surface area (Å²) in [4.78, 5) is 4.12. The first kappa shape index (κ1) is 10.4. The summed E-state index contributed by atoms with van der Waals surface area (Å²) in [6.07, 6.45) is 5.80. The van der Waals surface area contributed by atoms with Gasteiger partial charge in [-0.3, -0.25) is 0 Å². The van der Waals surface area contributed by atoms with E-state index in [1.54, 1.807) is 18.0 Å². The second-order valence-electron chi connectivity index (χ2n) is 2.69. The van der Waals surface area contributed by atoms with E-state index >= 15 is 0 Å². The summed E-state index contributed by atoms with van der Waals surface area (Å²) in [6, 6.07) is 0. The molecule has 0 aliphatic rings. The van der Waals surface area contributed by atoms with Crippen molar-refractivity contribution >= 4 is 17.8 Å². The van der Waals surface area contributed by atoms with E-state index in [4.69, 9.17) is 4.42 Å². The third-order valence-electron chi connectivity index (χ3n) is 1.55. The lowest BCUT2D eigenvalue weighted by atomic mass is 10.4. The van der Waals surface area contributed by atoms with Crippen LogP contribution in [0.25, 0.3) is 6.08 Å². The van der Waals surface area contributed by atoms with Crippen molar-refractivity contribution in [1.29, 1.82) is 0 Å². The van der Waals surface area contributed by atoms with Gasteiger partial charge in [0.2, 0.25) is 5.89 Å². The van der Waals surface area contributed by atoms with Crippen LogP contribution in [-0.4, -0.2) is 10.7 Å². The molecule has 1 rings (SSSR count). The van der Waals surface area contributed by atoms with Gasteiger partial charge in [0.15, 0.2) is 0 Å². The van der Waals surface area contributed by atoms with Crippen molar-refractivity contribution in [2.75, 3.05) is 5.75 Å². The Morgan fingerprint density at radius 3 is 3.00 bits per heavy atom. The van der Waals surface area contributed by atoms with Crippen molar-refractivity contribution in [3.63, 3.8) is 0 Å².